The van der Waals surface area contributed by atoms with Gasteiger partial charge in [-0.05, 0) is 6.04 Å². The molecule has 0 unspecified atom stereocenters. The van der Waals surface area contributed by atoms with Gasteiger partial charge < -0.3 is 5.73 Å². The van der Waals surface area contributed by atoms with Crippen molar-refractivity contribution in [3.8, 4) is 0 Å². The van der Waals surface area contributed by atoms with Gasteiger partial charge >= 0.3 is 0 Å². The van der Waals surface area contributed by atoms with Crippen molar-refractivity contribution in [3.63, 3.8) is 0 Å². The molecule has 0 spiro atoms. The Labute approximate surface area is 44.8 Å². The standard InChI is InChI=1S/C3H9N.V/c1-3(2)4;/h3H,4H2,1-2H3;. The Morgan fingerprint density at radius 1 is 1.40 bits per heavy atom. The summed E-state index contributed by atoms with van der Waals surface area (Å²) < 4.78 is 0. The Hall–Kier alpha value is 0.544. The van der Waals surface area contributed by atoms with E-state index in [-0.39, 0.29) is 18.6 Å². The fraction of sp³-hybridized carbons (Fsp3) is 1.00. The van der Waals surface area contributed by atoms with Crippen LogP contribution in [0.2, 0.25) is 0 Å². The van der Waals surface area contributed by atoms with Crippen molar-refractivity contribution in [2.75, 3.05) is 0 Å². The first-order valence-corrected chi connectivity index (χ1v) is 1.49. The van der Waals surface area contributed by atoms with Gasteiger partial charge in [0.2, 0.25) is 0 Å². The number of nitrogens with two attached hydrogens (primary N) is 1. The quantitative estimate of drug-likeness (QED) is 0.478. The molecule has 0 atom stereocenters. The zero-order valence-corrected chi connectivity index (χ0v) is 5.00. The van der Waals surface area contributed by atoms with Gasteiger partial charge in [-0.25, -0.2) is 0 Å². The molecule has 0 aliphatic rings. The third kappa shape index (κ3) is 99.3. The van der Waals surface area contributed by atoms with E-state index in [0.717, 1.165) is 0 Å². The van der Waals surface area contributed by atoms with Gasteiger partial charge in [0, 0.05) is 18.6 Å². The minimum Gasteiger partial charge on any atom is -0.328 e. The van der Waals surface area contributed by atoms with Crippen molar-refractivity contribution in [1.82, 2.24) is 0 Å². The van der Waals surface area contributed by atoms with Crippen LogP contribution in [0.5, 0.6) is 0 Å². The van der Waals surface area contributed by atoms with Crippen molar-refractivity contribution in [3.05, 3.63) is 0 Å². The van der Waals surface area contributed by atoms with Crippen molar-refractivity contribution in [1.29, 1.82) is 0 Å². The summed E-state index contributed by atoms with van der Waals surface area (Å²) in [7, 11) is 0. The monoisotopic (exact) mass is 110 g/mol. The van der Waals surface area contributed by atoms with Gasteiger partial charge in [-0.15, -0.1) is 0 Å². The molecule has 2 heteroatoms. The van der Waals surface area contributed by atoms with Crippen LogP contribution < -0.4 is 5.73 Å². The van der Waals surface area contributed by atoms with E-state index >= 15 is 0 Å². The van der Waals surface area contributed by atoms with Crippen LogP contribution in [0.3, 0.4) is 0 Å². The largest absolute Gasteiger partial charge is 0.328 e. The number of hydrogen-bond acceptors (Lipinski definition) is 1. The summed E-state index contributed by atoms with van der Waals surface area (Å²) in [5, 5.41) is 0. The number of rotatable bonds is 0. The third-order valence-corrected chi connectivity index (χ3v) is 0. The Balaban J connectivity index is 0. The Morgan fingerprint density at radius 3 is 1.40 bits per heavy atom. The molecule has 0 heterocycles. The normalized spacial score (nSPS) is 7.20. The minimum absolute atomic E-state index is 0. The molecular formula is C3H9NV. The van der Waals surface area contributed by atoms with Crippen LogP contribution in [0.1, 0.15) is 13.8 Å². The maximum atomic E-state index is 5.11. The van der Waals surface area contributed by atoms with Gasteiger partial charge in [-0.3, -0.25) is 0 Å². The topological polar surface area (TPSA) is 26.0 Å². The Kier molecular flexibility index (Phi) is 8.28. The van der Waals surface area contributed by atoms with E-state index in [9.17, 15) is 0 Å². The average Bonchev–Trinajstić information content (AvgIpc) is 0.811. The first-order valence-electron chi connectivity index (χ1n) is 1.49. The molecule has 0 aromatic heterocycles. The fourth-order valence-electron chi connectivity index (χ4n) is 0. The molecule has 0 rings (SSSR count). The second-order valence-corrected chi connectivity index (χ2v) is 1.24. The van der Waals surface area contributed by atoms with Crippen LogP contribution in [0.25, 0.3) is 0 Å². The molecule has 0 saturated heterocycles. The summed E-state index contributed by atoms with van der Waals surface area (Å²) in [5.74, 6) is 0. The van der Waals surface area contributed by atoms with Crippen LogP contribution in [0, 0.1) is 0 Å². The van der Waals surface area contributed by atoms with E-state index in [2.05, 4.69) is 0 Å². The molecule has 1 radical (unpaired) electrons. The molecule has 31 valence electrons. The van der Waals surface area contributed by atoms with Crippen LogP contribution in [0.15, 0.2) is 0 Å². The van der Waals surface area contributed by atoms with Crippen molar-refractivity contribution in [2.45, 2.75) is 19.9 Å². The molecule has 0 aliphatic heterocycles. The number of hydrogen-bond donors (Lipinski definition) is 1. The fourth-order valence-corrected chi connectivity index (χ4v) is 0. The van der Waals surface area contributed by atoms with Gasteiger partial charge in [0.15, 0.2) is 0 Å². The second-order valence-electron chi connectivity index (χ2n) is 1.24. The predicted molar refractivity (Wildman–Crippen MR) is 19.3 cm³/mol. The van der Waals surface area contributed by atoms with Crippen LogP contribution in [0.4, 0.5) is 0 Å². The molecule has 0 bridgehead atoms. The van der Waals surface area contributed by atoms with Crippen LogP contribution in [-0.4, -0.2) is 6.04 Å². The molecular weight excluding hydrogens is 101 g/mol. The molecule has 2 N–H and O–H groups in total. The van der Waals surface area contributed by atoms with E-state index in [1.54, 1.807) is 0 Å². The molecule has 0 fully saturated rings. The van der Waals surface area contributed by atoms with E-state index in [1.807, 2.05) is 13.8 Å². The Morgan fingerprint density at radius 2 is 1.40 bits per heavy atom. The molecule has 0 aromatic rings. The molecule has 0 saturated carbocycles. The van der Waals surface area contributed by atoms with Crippen LogP contribution >= 0.6 is 0 Å². The summed E-state index contributed by atoms with van der Waals surface area (Å²) in [6, 6.07) is 0.333. The van der Waals surface area contributed by atoms with E-state index in [1.165, 1.54) is 0 Å². The van der Waals surface area contributed by atoms with E-state index in [4.69, 9.17) is 5.73 Å². The molecule has 0 aliphatic carbocycles. The first kappa shape index (κ1) is 9.11. The summed E-state index contributed by atoms with van der Waals surface area (Å²) in [5.41, 5.74) is 5.11. The second kappa shape index (κ2) is 4.54. The van der Waals surface area contributed by atoms with Gasteiger partial charge in [-0.1, -0.05) is 13.8 Å². The van der Waals surface area contributed by atoms with Crippen molar-refractivity contribution < 1.29 is 18.6 Å². The van der Waals surface area contributed by atoms with Crippen molar-refractivity contribution in [2.24, 2.45) is 5.73 Å². The van der Waals surface area contributed by atoms with Crippen molar-refractivity contribution >= 4 is 0 Å². The van der Waals surface area contributed by atoms with Gasteiger partial charge in [-0.2, -0.15) is 0 Å². The summed E-state index contributed by atoms with van der Waals surface area (Å²) in [6.07, 6.45) is 0. The van der Waals surface area contributed by atoms with E-state index in [0.29, 0.717) is 6.04 Å². The SMILES string of the molecule is CC(C)N.[V]. The summed E-state index contributed by atoms with van der Waals surface area (Å²) in [6.45, 7) is 3.89. The molecule has 0 aromatic carbocycles. The predicted octanol–water partition coefficient (Wildman–Crippen LogP) is 0.351. The van der Waals surface area contributed by atoms with Gasteiger partial charge in [0.05, 0.1) is 0 Å². The third-order valence-electron chi connectivity index (χ3n) is 0. The van der Waals surface area contributed by atoms with Gasteiger partial charge in [0.1, 0.15) is 0 Å². The zero-order chi connectivity index (χ0) is 3.58. The Bertz CT molecular complexity index is 11.6. The minimum atomic E-state index is 0. The zero-order valence-electron chi connectivity index (χ0n) is 3.60. The van der Waals surface area contributed by atoms with Gasteiger partial charge in [0.25, 0.3) is 0 Å². The average molecular weight is 110 g/mol. The maximum Gasteiger partial charge on any atom is 0 e. The molecule has 5 heavy (non-hydrogen) atoms. The summed E-state index contributed by atoms with van der Waals surface area (Å²) >= 11 is 0. The van der Waals surface area contributed by atoms with Crippen LogP contribution in [-0.2, 0) is 18.6 Å². The maximum absolute atomic E-state index is 5.11. The molecule has 1 nitrogen and oxygen atoms in total. The molecule has 0 amide bonds. The smallest absolute Gasteiger partial charge is 0 e. The first-order chi connectivity index (χ1) is 1.73. The van der Waals surface area contributed by atoms with E-state index < -0.39 is 0 Å². The summed E-state index contributed by atoms with van der Waals surface area (Å²) in [4.78, 5) is 0.